The van der Waals surface area contributed by atoms with Crippen molar-refractivity contribution < 1.29 is 9.32 Å². The minimum Gasteiger partial charge on any atom is -0.342 e. The largest absolute Gasteiger partial charge is 0.342 e. The van der Waals surface area contributed by atoms with Crippen LogP contribution in [0.5, 0.6) is 0 Å². The number of likely N-dealkylation sites (tertiary alicyclic amines) is 1. The van der Waals surface area contributed by atoms with Crippen molar-refractivity contribution >= 4 is 5.91 Å². The van der Waals surface area contributed by atoms with E-state index in [2.05, 4.69) is 15.1 Å². The van der Waals surface area contributed by atoms with Crippen molar-refractivity contribution in [3.05, 3.63) is 30.4 Å². The zero-order chi connectivity index (χ0) is 15.5. The van der Waals surface area contributed by atoms with Crippen molar-refractivity contribution in [3.8, 4) is 11.5 Å². The van der Waals surface area contributed by atoms with Crippen LogP contribution in [0.1, 0.15) is 26.1 Å². The Morgan fingerprint density at radius 2 is 2.18 bits per heavy atom. The second-order valence-electron chi connectivity index (χ2n) is 6.05. The minimum atomic E-state index is 0.0576. The van der Waals surface area contributed by atoms with Gasteiger partial charge in [-0.1, -0.05) is 19.0 Å². The average Bonchev–Trinajstić information content (AvgIpc) is 3.17. The monoisotopic (exact) mass is 300 g/mol. The average molecular weight is 300 g/mol. The molecule has 3 rings (SSSR count). The molecule has 1 aliphatic heterocycles. The summed E-state index contributed by atoms with van der Waals surface area (Å²) in [6.45, 7) is 5.50. The molecule has 3 heterocycles. The van der Waals surface area contributed by atoms with E-state index in [0.29, 0.717) is 17.6 Å². The number of hydrogen-bond donors (Lipinski definition) is 0. The van der Waals surface area contributed by atoms with Gasteiger partial charge in [0, 0.05) is 43.4 Å². The number of amides is 1. The quantitative estimate of drug-likeness (QED) is 0.865. The number of rotatable bonds is 4. The molecule has 1 unspecified atom stereocenters. The number of carbonyl (C=O) groups excluding carboxylic acids is 1. The molecule has 6 nitrogen and oxygen atoms in total. The fourth-order valence-electron chi connectivity index (χ4n) is 2.77. The maximum Gasteiger partial charge on any atom is 0.258 e. The summed E-state index contributed by atoms with van der Waals surface area (Å²) in [7, 11) is 0. The third kappa shape index (κ3) is 3.16. The Bertz CT molecular complexity index is 639. The van der Waals surface area contributed by atoms with Gasteiger partial charge in [-0.25, -0.2) is 0 Å². The lowest BCUT2D eigenvalue weighted by Crippen LogP contribution is -2.32. The van der Waals surface area contributed by atoms with Gasteiger partial charge in [-0.3, -0.25) is 9.78 Å². The highest BCUT2D eigenvalue weighted by Crippen LogP contribution is 2.23. The highest BCUT2D eigenvalue weighted by atomic mass is 16.5. The molecule has 0 radical (unpaired) electrons. The summed E-state index contributed by atoms with van der Waals surface area (Å²) in [5.74, 6) is 1.92. The van der Waals surface area contributed by atoms with Gasteiger partial charge in [-0.15, -0.1) is 0 Å². The summed E-state index contributed by atoms with van der Waals surface area (Å²) < 4.78 is 5.30. The molecule has 0 saturated carbocycles. The van der Waals surface area contributed by atoms with Crippen molar-refractivity contribution in [1.82, 2.24) is 20.0 Å². The van der Waals surface area contributed by atoms with Crippen molar-refractivity contribution in [2.24, 2.45) is 11.8 Å². The topological polar surface area (TPSA) is 72.1 Å². The van der Waals surface area contributed by atoms with E-state index in [1.807, 2.05) is 30.9 Å². The molecule has 0 aliphatic carbocycles. The Balaban J connectivity index is 1.61. The van der Waals surface area contributed by atoms with Crippen LogP contribution in [0.15, 0.2) is 29.0 Å². The highest BCUT2D eigenvalue weighted by Gasteiger charge is 2.28. The molecule has 1 aliphatic rings. The lowest BCUT2D eigenvalue weighted by Gasteiger charge is -2.18. The van der Waals surface area contributed by atoms with E-state index in [9.17, 15) is 4.79 Å². The van der Waals surface area contributed by atoms with Crippen LogP contribution in [0.2, 0.25) is 0 Å². The van der Waals surface area contributed by atoms with E-state index in [1.54, 1.807) is 12.4 Å². The normalized spacial score (nSPS) is 18.1. The van der Waals surface area contributed by atoms with Gasteiger partial charge >= 0.3 is 0 Å². The minimum absolute atomic E-state index is 0.0576. The van der Waals surface area contributed by atoms with Crippen LogP contribution >= 0.6 is 0 Å². The third-order valence-corrected chi connectivity index (χ3v) is 3.96. The fraction of sp³-hybridized carbons (Fsp3) is 0.500. The summed E-state index contributed by atoms with van der Waals surface area (Å²) in [4.78, 5) is 22.4. The van der Waals surface area contributed by atoms with Gasteiger partial charge in [0.25, 0.3) is 5.89 Å². The van der Waals surface area contributed by atoms with Crippen LogP contribution in [0.25, 0.3) is 11.5 Å². The predicted octanol–water partition coefficient (Wildman–Crippen LogP) is 2.18. The molecule has 0 bridgehead atoms. The van der Waals surface area contributed by atoms with Crippen LogP contribution in [0.4, 0.5) is 0 Å². The second kappa shape index (κ2) is 6.25. The Hall–Kier alpha value is -2.24. The molecule has 1 amide bonds. The Morgan fingerprint density at radius 3 is 2.91 bits per heavy atom. The Morgan fingerprint density at radius 1 is 1.41 bits per heavy atom. The van der Waals surface area contributed by atoms with Gasteiger partial charge in [0.1, 0.15) is 0 Å². The predicted molar refractivity (Wildman–Crippen MR) is 80.8 cm³/mol. The standard InChI is InChI=1S/C16H20N4O2/c1-11(2)16(21)20-8-5-12(10-20)9-14-18-15(22-19-14)13-3-6-17-7-4-13/h3-4,6-7,11-12H,5,8-10H2,1-2H3. The SMILES string of the molecule is CC(C)C(=O)N1CCC(Cc2noc(-c3ccncc3)n2)C1. The van der Waals surface area contributed by atoms with Crippen molar-refractivity contribution in [2.75, 3.05) is 13.1 Å². The third-order valence-electron chi connectivity index (χ3n) is 3.96. The zero-order valence-corrected chi connectivity index (χ0v) is 12.9. The van der Waals surface area contributed by atoms with E-state index >= 15 is 0 Å². The maximum atomic E-state index is 12.0. The molecule has 2 aromatic heterocycles. The number of nitrogens with zero attached hydrogens (tertiary/aromatic N) is 4. The van der Waals surface area contributed by atoms with Gasteiger partial charge in [-0.2, -0.15) is 4.98 Å². The Kier molecular flexibility index (Phi) is 4.18. The molecule has 22 heavy (non-hydrogen) atoms. The van der Waals surface area contributed by atoms with Crippen LogP contribution < -0.4 is 0 Å². The van der Waals surface area contributed by atoms with E-state index in [4.69, 9.17) is 4.52 Å². The van der Waals surface area contributed by atoms with Crippen LogP contribution in [-0.2, 0) is 11.2 Å². The van der Waals surface area contributed by atoms with Gasteiger partial charge < -0.3 is 9.42 Å². The van der Waals surface area contributed by atoms with E-state index in [-0.39, 0.29) is 11.8 Å². The van der Waals surface area contributed by atoms with E-state index in [0.717, 1.165) is 31.5 Å². The first-order chi connectivity index (χ1) is 10.6. The van der Waals surface area contributed by atoms with E-state index < -0.39 is 0 Å². The lowest BCUT2D eigenvalue weighted by atomic mass is 10.0. The van der Waals surface area contributed by atoms with Gasteiger partial charge in [0.05, 0.1) is 0 Å². The summed E-state index contributed by atoms with van der Waals surface area (Å²) in [6, 6.07) is 3.69. The Labute approximate surface area is 129 Å². The second-order valence-corrected chi connectivity index (χ2v) is 6.05. The van der Waals surface area contributed by atoms with Crippen LogP contribution in [0, 0.1) is 11.8 Å². The summed E-state index contributed by atoms with van der Waals surface area (Å²) in [5, 5.41) is 4.05. The molecule has 116 valence electrons. The number of carbonyl (C=O) groups is 1. The highest BCUT2D eigenvalue weighted by molar-refractivity contribution is 5.78. The van der Waals surface area contributed by atoms with Crippen molar-refractivity contribution in [2.45, 2.75) is 26.7 Å². The fourth-order valence-corrected chi connectivity index (χ4v) is 2.77. The summed E-state index contributed by atoms with van der Waals surface area (Å²) >= 11 is 0. The first-order valence-electron chi connectivity index (χ1n) is 7.65. The van der Waals surface area contributed by atoms with Gasteiger partial charge in [-0.05, 0) is 24.5 Å². The molecule has 0 aromatic carbocycles. The van der Waals surface area contributed by atoms with Gasteiger partial charge in [0.15, 0.2) is 5.82 Å². The van der Waals surface area contributed by atoms with Crippen LogP contribution in [-0.4, -0.2) is 39.0 Å². The summed E-state index contributed by atoms with van der Waals surface area (Å²) in [5.41, 5.74) is 0.872. The maximum absolute atomic E-state index is 12.0. The molecule has 0 spiro atoms. The number of hydrogen-bond acceptors (Lipinski definition) is 5. The first-order valence-corrected chi connectivity index (χ1v) is 7.65. The van der Waals surface area contributed by atoms with Crippen LogP contribution in [0.3, 0.4) is 0 Å². The molecule has 6 heteroatoms. The summed E-state index contributed by atoms with van der Waals surface area (Å²) in [6.07, 6.45) is 5.14. The molecular weight excluding hydrogens is 280 g/mol. The smallest absolute Gasteiger partial charge is 0.258 e. The van der Waals surface area contributed by atoms with Crippen molar-refractivity contribution in [3.63, 3.8) is 0 Å². The first kappa shape index (κ1) is 14.7. The molecule has 2 aromatic rings. The lowest BCUT2D eigenvalue weighted by molar-refractivity contribution is -0.133. The van der Waals surface area contributed by atoms with Crippen molar-refractivity contribution in [1.29, 1.82) is 0 Å². The number of aromatic nitrogens is 3. The molecular formula is C16H20N4O2. The molecule has 1 atom stereocenters. The molecule has 0 N–H and O–H groups in total. The number of pyridine rings is 1. The molecule has 1 saturated heterocycles. The van der Waals surface area contributed by atoms with Gasteiger partial charge in [0.2, 0.25) is 5.91 Å². The zero-order valence-electron chi connectivity index (χ0n) is 12.9. The molecule has 1 fully saturated rings. The van der Waals surface area contributed by atoms with E-state index in [1.165, 1.54) is 0 Å².